The van der Waals surface area contributed by atoms with E-state index in [4.69, 9.17) is 0 Å². The average molecular weight is 320 g/mol. The molecule has 0 aliphatic carbocycles. The number of phenolic OH excluding ortho intramolecular Hbond substituents is 2. The van der Waals surface area contributed by atoms with Gasteiger partial charge in [-0.3, -0.25) is 9.59 Å². The van der Waals surface area contributed by atoms with E-state index in [0.717, 1.165) is 0 Å². The van der Waals surface area contributed by atoms with Crippen LogP contribution >= 0.6 is 0 Å². The highest BCUT2D eigenvalue weighted by Crippen LogP contribution is 2.35. The first-order chi connectivity index (χ1) is 10.7. The highest BCUT2D eigenvalue weighted by atomic mass is 16.3. The first-order valence-corrected chi connectivity index (χ1v) is 7.23. The molecule has 0 saturated carbocycles. The Balaban J connectivity index is 3.46. The van der Waals surface area contributed by atoms with E-state index in [2.05, 4.69) is 6.58 Å². The second kappa shape index (κ2) is 7.89. The highest BCUT2D eigenvalue weighted by molar-refractivity contribution is 6.06. The van der Waals surface area contributed by atoms with E-state index < -0.39 is 0 Å². The van der Waals surface area contributed by atoms with Crippen LogP contribution in [0.25, 0.3) is 0 Å². The van der Waals surface area contributed by atoms with Gasteiger partial charge in [-0.2, -0.15) is 0 Å². The number of benzene rings is 1. The summed E-state index contributed by atoms with van der Waals surface area (Å²) in [6, 6.07) is 1.27. The van der Waals surface area contributed by atoms with Crippen molar-refractivity contribution in [3.05, 3.63) is 35.4 Å². The van der Waals surface area contributed by atoms with Crippen LogP contribution in [0, 0.1) is 0 Å². The van der Waals surface area contributed by atoms with Gasteiger partial charge in [0.25, 0.3) is 0 Å². The Morgan fingerprint density at radius 1 is 1.00 bits per heavy atom. The van der Waals surface area contributed by atoms with Crippen molar-refractivity contribution in [1.82, 2.24) is 9.80 Å². The van der Waals surface area contributed by atoms with Crippen LogP contribution in [0.4, 0.5) is 0 Å². The van der Waals surface area contributed by atoms with E-state index in [-0.39, 0.29) is 59.3 Å². The maximum atomic E-state index is 12.3. The van der Waals surface area contributed by atoms with E-state index >= 15 is 0 Å². The fraction of sp³-hybridized carbons (Fsp3) is 0.412. The number of allylic oxidation sites excluding steroid dienone is 1. The summed E-state index contributed by atoms with van der Waals surface area (Å²) in [7, 11) is 6.94. The van der Waals surface area contributed by atoms with Crippen LogP contribution in [0.2, 0.25) is 0 Å². The Labute approximate surface area is 136 Å². The summed E-state index contributed by atoms with van der Waals surface area (Å²) in [6.07, 6.45) is 1.65. The number of hydrogen-bond donors (Lipinski definition) is 2. The summed E-state index contributed by atoms with van der Waals surface area (Å²) in [5.74, 6) is -1.24. The normalized spacial score (nSPS) is 11.0. The van der Waals surface area contributed by atoms with Crippen LogP contribution in [-0.2, 0) is 6.42 Å². The van der Waals surface area contributed by atoms with Gasteiger partial charge in [-0.25, -0.2) is 0 Å². The van der Waals surface area contributed by atoms with E-state index in [0.29, 0.717) is 0 Å². The quantitative estimate of drug-likeness (QED) is 0.555. The third-order valence-electron chi connectivity index (χ3n) is 3.24. The van der Waals surface area contributed by atoms with Gasteiger partial charge < -0.3 is 20.0 Å². The van der Waals surface area contributed by atoms with Crippen molar-refractivity contribution >= 4 is 11.6 Å². The summed E-state index contributed by atoms with van der Waals surface area (Å²) in [4.78, 5) is 28.0. The van der Waals surface area contributed by atoms with Gasteiger partial charge in [0.1, 0.15) is 11.5 Å². The number of carbonyl (C=O) groups is 2. The van der Waals surface area contributed by atoms with Gasteiger partial charge >= 0.3 is 0 Å². The maximum Gasteiger partial charge on any atom is 0.180 e. The maximum absolute atomic E-state index is 12.3. The van der Waals surface area contributed by atoms with E-state index in [9.17, 15) is 19.8 Å². The third-order valence-corrected chi connectivity index (χ3v) is 3.24. The number of carbonyl (C=O) groups excluding carboxylic acids is 2. The molecule has 0 radical (unpaired) electrons. The number of rotatable bonds is 8. The number of nitrogens with zero attached hydrogens (tertiary/aromatic N) is 2. The van der Waals surface area contributed by atoms with Gasteiger partial charge in [0.05, 0.1) is 24.2 Å². The summed E-state index contributed by atoms with van der Waals surface area (Å²) in [5.41, 5.74) is 0.220. The van der Waals surface area contributed by atoms with Crippen LogP contribution in [0.5, 0.6) is 11.5 Å². The number of phenols is 2. The third kappa shape index (κ3) is 4.64. The molecule has 2 N–H and O–H groups in total. The first-order valence-electron chi connectivity index (χ1n) is 7.23. The van der Waals surface area contributed by atoms with Gasteiger partial charge in [0.15, 0.2) is 11.6 Å². The van der Waals surface area contributed by atoms with Gasteiger partial charge in [-0.1, -0.05) is 6.08 Å². The fourth-order valence-corrected chi connectivity index (χ4v) is 2.23. The van der Waals surface area contributed by atoms with Crippen LogP contribution in [-0.4, -0.2) is 72.9 Å². The van der Waals surface area contributed by atoms with Crippen LogP contribution in [0.1, 0.15) is 26.3 Å². The average Bonchev–Trinajstić information content (AvgIpc) is 2.41. The largest absolute Gasteiger partial charge is 0.507 e. The SMILES string of the molecule is C=CCc1c(O)c(C(=O)CN(C)C)cc(C(=O)CN(C)C)c1O. The van der Waals surface area contributed by atoms with Crippen molar-refractivity contribution in [2.24, 2.45) is 0 Å². The Hall–Kier alpha value is -2.18. The molecule has 1 aromatic rings. The molecular weight excluding hydrogens is 296 g/mol. The summed E-state index contributed by atoms with van der Waals surface area (Å²) >= 11 is 0. The second-order valence-electron chi connectivity index (χ2n) is 5.96. The van der Waals surface area contributed by atoms with Crippen molar-refractivity contribution in [2.75, 3.05) is 41.3 Å². The zero-order chi connectivity index (χ0) is 17.7. The number of aromatic hydroxyl groups is 2. The second-order valence-corrected chi connectivity index (χ2v) is 5.96. The molecule has 6 heteroatoms. The van der Waals surface area contributed by atoms with Crippen LogP contribution in [0.3, 0.4) is 0 Å². The first kappa shape index (κ1) is 18.9. The predicted octanol–water partition coefficient (Wildman–Crippen LogP) is 1.31. The summed E-state index contributed by atoms with van der Waals surface area (Å²) < 4.78 is 0. The molecule has 0 bridgehead atoms. The Morgan fingerprint density at radius 2 is 1.39 bits per heavy atom. The van der Waals surface area contributed by atoms with Gasteiger partial charge in [0.2, 0.25) is 0 Å². The molecule has 0 aromatic heterocycles. The van der Waals surface area contributed by atoms with Gasteiger partial charge in [-0.15, -0.1) is 6.58 Å². The molecule has 0 atom stereocenters. The molecule has 0 amide bonds. The lowest BCUT2D eigenvalue weighted by atomic mass is 9.95. The van der Waals surface area contributed by atoms with Crippen molar-refractivity contribution in [3.8, 4) is 11.5 Å². The van der Waals surface area contributed by atoms with E-state index in [1.165, 1.54) is 12.1 Å². The monoisotopic (exact) mass is 320 g/mol. The molecule has 0 aliphatic rings. The topological polar surface area (TPSA) is 81.1 Å². The minimum absolute atomic E-state index is 0.0375. The zero-order valence-corrected chi connectivity index (χ0v) is 14.1. The summed E-state index contributed by atoms with van der Waals surface area (Å²) in [6.45, 7) is 3.76. The Bertz CT molecular complexity index is 575. The van der Waals surface area contributed by atoms with Crippen molar-refractivity contribution < 1.29 is 19.8 Å². The van der Waals surface area contributed by atoms with Gasteiger partial charge in [0, 0.05) is 5.56 Å². The molecule has 23 heavy (non-hydrogen) atoms. The lowest BCUT2D eigenvalue weighted by molar-refractivity contribution is 0.0955. The molecule has 0 saturated heterocycles. The van der Waals surface area contributed by atoms with Crippen molar-refractivity contribution in [3.63, 3.8) is 0 Å². The zero-order valence-electron chi connectivity index (χ0n) is 14.1. The molecule has 0 fully saturated rings. The lowest BCUT2D eigenvalue weighted by Gasteiger charge is -2.16. The standard InChI is InChI=1S/C17H24N2O4/c1-6-7-11-16(22)12(14(20)9-18(2)3)8-13(17(11)23)15(21)10-19(4)5/h6,8,22-23H,1,7,9-10H2,2-5H3. The molecule has 0 aliphatic heterocycles. The number of hydrogen-bond acceptors (Lipinski definition) is 6. The number of likely N-dealkylation sites (N-methyl/N-ethyl adjacent to an activating group) is 2. The molecule has 0 spiro atoms. The van der Waals surface area contributed by atoms with Crippen LogP contribution < -0.4 is 0 Å². The Kier molecular flexibility index (Phi) is 6.48. The molecule has 126 valence electrons. The minimum Gasteiger partial charge on any atom is -0.507 e. The minimum atomic E-state index is -0.322. The van der Waals surface area contributed by atoms with Crippen LogP contribution in [0.15, 0.2) is 18.7 Å². The molecule has 1 aromatic carbocycles. The van der Waals surface area contributed by atoms with Crippen molar-refractivity contribution in [1.29, 1.82) is 0 Å². The predicted molar refractivity (Wildman–Crippen MR) is 89.4 cm³/mol. The number of Topliss-reactive ketones (excluding diaryl/α,β-unsaturated/α-hetero) is 2. The molecule has 0 heterocycles. The van der Waals surface area contributed by atoms with Crippen molar-refractivity contribution in [2.45, 2.75) is 6.42 Å². The molecule has 1 rings (SSSR count). The Morgan fingerprint density at radius 3 is 1.70 bits per heavy atom. The highest BCUT2D eigenvalue weighted by Gasteiger charge is 2.24. The van der Waals surface area contributed by atoms with E-state index in [1.54, 1.807) is 38.0 Å². The molecule has 0 unspecified atom stereocenters. The van der Waals surface area contributed by atoms with E-state index in [1.807, 2.05) is 0 Å². The summed E-state index contributed by atoms with van der Waals surface area (Å²) in [5, 5.41) is 20.6. The fourth-order valence-electron chi connectivity index (χ4n) is 2.23. The lowest BCUT2D eigenvalue weighted by Crippen LogP contribution is -2.24. The molecule has 6 nitrogen and oxygen atoms in total. The van der Waals surface area contributed by atoms with Gasteiger partial charge in [-0.05, 0) is 40.7 Å². The smallest absolute Gasteiger partial charge is 0.180 e. The number of ketones is 2. The molecular formula is C17H24N2O4.